The van der Waals surface area contributed by atoms with Crippen LogP contribution in [0.3, 0.4) is 0 Å². The zero-order chi connectivity index (χ0) is 21.8. The molecule has 3 aromatic carbocycles. The average molecular weight is 431 g/mol. The molecular weight excluding hydrogens is 412 g/mol. The SMILES string of the molecule is Cc1c(C(=O)Nc2ccccc2)c(C(=O)Nc2ccc(Cl)cc2)nn1-c1ccccc1. The Morgan fingerprint density at radius 3 is 1.97 bits per heavy atom. The standard InChI is InChI=1S/C24H19ClN4O2/c1-16-21(23(30)26-18-8-4-2-5-9-18)22(28-29(16)20-10-6-3-7-11-20)24(31)27-19-14-12-17(25)13-15-19/h2-15H,1H3,(H,26,30)(H,27,31). The fraction of sp³-hybridized carbons (Fsp3) is 0.0417. The number of halogens is 1. The number of benzene rings is 3. The van der Waals surface area contributed by atoms with E-state index >= 15 is 0 Å². The second-order valence-electron chi connectivity index (χ2n) is 6.84. The molecule has 0 radical (unpaired) electrons. The van der Waals surface area contributed by atoms with Crippen LogP contribution < -0.4 is 10.6 Å². The van der Waals surface area contributed by atoms with E-state index in [0.717, 1.165) is 5.69 Å². The van der Waals surface area contributed by atoms with Gasteiger partial charge in [-0.05, 0) is 55.5 Å². The summed E-state index contributed by atoms with van der Waals surface area (Å²) in [6, 6.07) is 25.1. The van der Waals surface area contributed by atoms with E-state index in [1.54, 1.807) is 48.0 Å². The number of aromatic nitrogens is 2. The third kappa shape index (κ3) is 4.49. The number of hydrogen-bond donors (Lipinski definition) is 2. The summed E-state index contributed by atoms with van der Waals surface area (Å²) >= 11 is 5.92. The highest BCUT2D eigenvalue weighted by Crippen LogP contribution is 2.22. The van der Waals surface area contributed by atoms with Crippen LogP contribution >= 0.6 is 11.6 Å². The Hall–Kier alpha value is -3.90. The van der Waals surface area contributed by atoms with Gasteiger partial charge in [0.2, 0.25) is 0 Å². The largest absolute Gasteiger partial charge is 0.322 e. The minimum atomic E-state index is -0.488. The third-order valence-corrected chi connectivity index (χ3v) is 4.94. The molecule has 2 amide bonds. The van der Waals surface area contributed by atoms with Crippen molar-refractivity contribution in [3.05, 3.63) is 107 Å². The van der Waals surface area contributed by atoms with Crippen LogP contribution in [0.2, 0.25) is 5.02 Å². The van der Waals surface area contributed by atoms with Crippen molar-refractivity contribution in [2.24, 2.45) is 0 Å². The number of anilines is 2. The van der Waals surface area contributed by atoms with E-state index in [0.29, 0.717) is 22.1 Å². The van der Waals surface area contributed by atoms with E-state index in [1.807, 2.05) is 48.5 Å². The van der Waals surface area contributed by atoms with Gasteiger partial charge in [0, 0.05) is 16.4 Å². The molecule has 2 N–H and O–H groups in total. The second kappa shape index (κ2) is 8.85. The van der Waals surface area contributed by atoms with E-state index < -0.39 is 11.8 Å². The zero-order valence-corrected chi connectivity index (χ0v) is 17.4. The molecule has 4 aromatic rings. The van der Waals surface area contributed by atoms with Crippen LogP contribution in [-0.4, -0.2) is 21.6 Å². The lowest BCUT2D eigenvalue weighted by Crippen LogP contribution is -2.20. The molecule has 0 atom stereocenters. The monoisotopic (exact) mass is 430 g/mol. The molecule has 31 heavy (non-hydrogen) atoms. The molecule has 0 saturated carbocycles. The number of rotatable bonds is 5. The number of carbonyl (C=O) groups excluding carboxylic acids is 2. The smallest absolute Gasteiger partial charge is 0.277 e. The zero-order valence-electron chi connectivity index (χ0n) is 16.7. The van der Waals surface area contributed by atoms with Crippen LogP contribution in [0.15, 0.2) is 84.9 Å². The first kappa shape index (κ1) is 20.4. The van der Waals surface area contributed by atoms with Gasteiger partial charge in [-0.15, -0.1) is 0 Å². The molecule has 0 spiro atoms. The van der Waals surface area contributed by atoms with Gasteiger partial charge in [-0.3, -0.25) is 9.59 Å². The van der Waals surface area contributed by atoms with Gasteiger partial charge in [0.15, 0.2) is 5.69 Å². The maximum Gasteiger partial charge on any atom is 0.277 e. The molecule has 1 heterocycles. The summed E-state index contributed by atoms with van der Waals surface area (Å²) in [7, 11) is 0. The van der Waals surface area contributed by atoms with E-state index in [-0.39, 0.29) is 11.3 Å². The maximum atomic E-state index is 13.1. The van der Waals surface area contributed by atoms with Crippen LogP contribution in [0.5, 0.6) is 0 Å². The molecule has 0 saturated heterocycles. The van der Waals surface area contributed by atoms with Gasteiger partial charge >= 0.3 is 0 Å². The molecule has 0 unspecified atom stereocenters. The van der Waals surface area contributed by atoms with Crippen molar-refractivity contribution in [2.45, 2.75) is 6.92 Å². The predicted molar refractivity (Wildman–Crippen MR) is 122 cm³/mol. The number of nitrogens with one attached hydrogen (secondary N) is 2. The van der Waals surface area contributed by atoms with Crippen molar-refractivity contribution in [3.63, 3.8) is 0 Å². The fourth-order valence-corrected chi connectivity index (χ4v) is 3.32. The Bertz CT molecular complexity index is 1220. The third-order valence-electron chi connectivity index (χ3n) is 4.69. The first-order chi connectivity index (χ1) is 15.0. The summed E-state index contributed by atoms with van der Waals surface area (Å²) in [6.45, 7) is 1.76. The molecule has 0 fully saturated rings. The van der Waals surface area contributed by atoms with Crippen molar-refractivity contribution in [3.8, 4) is 5.69 Å². The fourth-order valence-electron chi connectivity index (χ4n) is 3.19. The van der Waals surface area contributed by atoms with Crippen LogP contribution in [0.1, 0.15) is 26.5 Å². The quantitative estimate of drug-likeness (QED) is 0.448. The van der Waals surface area contributed by atoms with E-state index in [9.17, 15) is 9.59 Å². The van der Waals surface area contributed by atoms with Gasteiger partial charge < -0.3 is 10.6 Å². The van der Waals surface area contributed by atoms with Crippen molar-refractivity contribution < 1.29 is 9.59 Å². The molecule has 6 nitrogen and oxygen atoms in total. The van der Waals surface area contributed by atoms with E-state index in [4.69, 9.17) is 11.6 Å². The summed E-state index contributed by atoms with van der Waals surface area (Å²) in [5, 5.41) is 10.7. The minimum absolute atomic E-state index is 0.0322. The number of carbonyl (C=O) groups is 2. The Balaban J connectivity index is 1.74. The van der Waals surface area contributed by atoms with E-state index in [2.05, 4.69) is 15.7 Å². The number of nitrogens with zero attached hydrogens (tertiary/aromatic N) is 2. The molecular formula is C24H19ClN4O2. The molecule has 154 valence electrons. The Labute approximate surface area is 184 Å². The summed E-state index contributed by atoms with van der Waals surface area (Å²) in [4.78, 5) is 26.2. The lowest BCUT2D eigenvalue weighted by molar-refractivity contribution is 0.0988. The first-order valence-corrected chi connectivity index (χ1v) is 9.99. The average Bonchev–Trinajstić information content (AvgIpc) is 3.14. The summed E-state index contributed by atoms with van der Waals surface area (Å²) in [5.41, 5.74) is 2.73. The van der Waals surface area contributed by atoms with Crippen LogP contribution in [-0.2, 0) is 0 Å². The first-order valence-electron chi connectivity index (χ1n) is 9.61. The van der Waals surface area contributed by atoms with Crippen LogP contribution in [0, 0.1) is 6.92 Å². The molecule has 4 rings (SSSR count). The number of para-hydroxylation sites is 2. The van der Waals surface area contributed by atoms with Gasteiger partial charge in [0.1, 0.15) is 0 Å². The van der Waals surface area contributed by atoms with Crippen LogP contribution in [0.4, 0.5) is 11.4 Å². The highest BCUT2D eigenvalue weighted by atomic mass is 35.5. The normalized spacial score (nSPS) is 10.5. The summed E-state index contributed by atoms with van der Waals surface area (Å²) in [6.07, 6.45) is 0. The predicted octanol–water partition coefficient (Wildman–Crippen LogP) is 5.34. The topological polar surface area (TPSA) is 76.0 Å². The lowest BCUT2D eigenvalue weighted by Gasteiger charge is -2.08. The van der Waals surface area contributed by atoms with Gasteiger partial charge in [-0.25, -0.2) is 4.68 Å². The molecule has 1 aromatic heterocycles. The van der Waals surface area contributed by atoms with Crippen molar-refractivity contribution in [2.75, 3.05) is 10.6 Å². The van der Waals surface area contributed by atoms with Gasteiger partial charge in [-0.2, -0.15) is 5.10 Å². The molecule has 0 aliphatic heterocycles. The van der Waals surface area contributed by atoms with Gasteiger partial charge in [-0.1, -0.05) is 48.0 Å². The van der Waals surface area contributed by atoms with Gasteiger partial charge in [0.25, 0.3) is 11.8 Å². The van der Waals surface area contributed by atoms with Crippen molar-refractivity contribution in [1.82, 2.24) is 9.78 Å². The highest BCUT2D eigenvalue weighted by Gasteiger charge is 2.27. The molecule has 0 aliphatic carbocycles. The maximum absolute atomic E-state index is 13.1. The summed E-state index contributed by atoms with van der Waals surface area (Å²) < 4.78 is 1.59. The van der Waals surface area contributed by atoms with Gasteiger partial charge in [0.05, 0.1) is 16.9 Å². The highest BCUT2D eigenvalue weighted by molar-refractivity contribution is 6.30. The number of hydrogen-bond acceptors (Lipinski definition) is 3. The second-order valence-corrected chi connectivity index (χ2v) is 7.27. The van der Waals surface area contributed by atoms with E-state index in [1.165, 1.54) is 0 Å². The molecule has 7 heteroatoms. The number of amides is 2. The Morgan fingerprint density at radius 2 is 1.32 bits per heavy atom. The van der Waals surface area contributed by atoms with Crippen molar-refractivity contribution in [1.29, 1.82) is 0 Å². The summed E-state index contributed by atoms with van der Waals surface area (Å²) in [5.74, 6) is -0.898. The Kier molecular flexibility index (Phi) is 5.82. The molecule has 0 bridgehead atoms. The lowest BCUT2D eigenvalue weighted by atomic mass is 10.1. The molecule has 0 aliphatic rings. The van der Waals surface area contributed by atoms with Crippen molar-refractivity contribution >= 4 is 34.8 Å². The van der Waals surface area contributed by atoms with Crippen LogP contribution in [0.25, 0.3) is 5.69 Å². The Morgan fingerprint density at radius 1 is 0.774 bits per heavy atom. The minimum Gasteiger partial charge on any atom is -0.322 e.